The van der Waals surface area contributed by atoms with Gasteiger partial charge in [0.2, 0.25) is 0 Å². The van der Waals surface area contributed by atoms with E-state index in [-0.39, 0.29) is 12.0 Å². The van der Waals surface area contributed by atoms with Gasteiger partial charge in [-0.1, -0.05) is 24.3 Å². The average molecular weight is 312 g/mol. The Kier molecular flexibility index (Phi) is 5.36. The van der Waals surface area contributed by atoms with Crippen molar-refractivity contribution in [2.24, 2.45) is 0 Å². The SMILES string of the molecule is Cc1ccccc1C(=O)NNC(=O)c1cccc(OC(C)C)c1. The molecule has 0 aliphatic rings. The Morgan fingerprint density at radius 1 is 0.957 bits per heavy atom. The van der Waals surface area contributed by atoms with E-state index in [2.05, 4.69) is 10.9 Å². The molecule has 2 amide bonds. The molecule has 0 aliphatic heterocycles. The number of ether oxygens (including phenoxy) is 1. The quantitative estimate of drug-likeness (QED) is 0.853. The molecule has 23 heavy (non-hydrogen) atoms. The number of aryl methyl sites for hydroxylation is 1. The number of amides is 2. The first-order chi connectivity index (χ1) is 11.0. The van der Waals surface area contributed by atoms with Gasteiger partial charge in [0.25, 0.3) is 11.8 Å². The minimum atomic E-state index is -0.402. The van der Waals surface area contributed by atoms with Crippen molar-refractivity contribution in [3.05, 3.63) is 65.2 Å². The summed E-state index contributed by atoms with van der Waals surface area (Å²) in [6, 6.07) is 14.0. The van der Waals surface area contributed by atoms with E-state index in [9.17, 15) is 9.59 Å². The summed E-state index contributed by atoms with van der Waals surface area (Å²) in [5.41, 5.74) is 6.60. The van der Waals surface area contributed by atoms with Crippen LogP contribution >= 0.6 is 0 Å². The fraction of sp³-hybridized carbons (Fsp3) is 0.222. The van der Waals surface area contributed by atoms with Crippen molar-refractivity contribution in [2.45, 2.75) is 26.9 Å². The minimum absolute atomic E-state index is 0.0223. The lowest BCUT2D eigenvalue weighted by Crippen LogP contribution is -2.41. The summed E-state index contributed by atoms with van der Waals surface area (Å²) in [7, 11) is 0. The number of carbonyl (C=O) groups excluding carboxylic acids is 2. The molecule has 2 N–H and O–H groups in total. The van der Waals surface area contributed by atoms with Crippen LogP contribution in [0.25, 0.3) is 0 Å². The van der Waals surface area contributed by atoms with Crippen molar-refractivity contribution in [1.29, 1.82) is 0 Å². The number of carbonyl (C=O) groups is 2. The number of nitrogens with one attached hydrogen (secondary N) is 2. The number of benzene rings is 2. The molecule has 0 spiro atoms. The standard InChI is InChI=1S/C18H20N2O3/c1-12(2)23-15-9-6-8-14(11-15)17(21)19-20-18(22)16-10-5-4-7-13(16)3/h4-12H,1-3H3,(H,19,21)(H,20,22). The van der Waals surface area contributed by atoms with Crippen molar-refractivity contribution in [3.63, 3.8) is 0 Å². The van der Waals surface area contributed by atoms with Gasteiger partial charge in [-0.15, -0.1) is 0 Å². The molecule has 0 radical (unpaired) electrons. The predicted molar refractivity (Wildman–Crippen MR) is 88.3 cm³/mol. The predicted octanol–water partition coefficient (Wildman–Crippen LogP) is 2.86. The molecule has 2 aromatic carbocycles. The third-order valence-corrected chi connectivity index (χ3v) is 3.15. The molecule has 0 fully saturated rings. The van der Waals surface area contributed by atoms with Crippen LogP contribution in [0.5, 0.6) is 5.75 Å². The zero-order valence-corrected chi connectivity index (χ0v) is 13.4. The first-order valence-electron chi connectivity index (χ1n) is 7.40. The van der Waals surface area contributed by atoms with Gasteiger partial charge in [-0.05, 0) is 50.6 Å². The lowest BCUT2D eigenvalue weighted by atomic mass is 10.1. The topological polar surface area (TPSA) is 67.4 Å². The molecular formula is C18H20N2O3. The summed E-state index contributed by atoms with van der Waals surface area (Å²) in [6.45, 7) is 5.66. The van der Waals surface area contributed by atoms with Crippen molar-refractivity contribution in [1.82, 2.24) is 10.9 Å². The molecule has 2 rings (SSSR count). The van der Waals surface area contributed by atoms with Crippen LogP contribution in [0, 0.1) is 6.92 Å². The summed E-state index contributed by atoms with van der Waals surface area (Å²) < 4.78 is 5.55. The Balaban J connectivity index is 2.00. The lowest BCUT2D eigenvalue weighted by Gasteiger charge is -2.12. The molecule has 0 aliphatic carbocycles. The van der Waals surface area contributed by atoms with Gasteiger partial charge in [-0.3, -0.25) is 20.4 Å². The van der Waals surface area contributed by atoms with Crippen LogP contribution in [0.3, 0.4) is 0 Å². The zero-order chi connectivity index (χ0) is 16.8. The minimum Gasteiger partial charge on any atom is -0.491 e. The van der Waals surface area contributed by atoms with E-state index in [0.29, 0.717) is 16.9 Å². The normalized spacial score (nSPS) is 10.3. The fourth-order valence-electron chi connectivity index (χ4n) is 2.06. The number of rotatable bonds is 4. The summed E-state index contributed by atoms with van der Waals surface area (Å²) in [5, 5.41) is 0. The number of hydrazine groups is 1. The largest absolute Gasteiger partial charge is 0.491 e. The van der Waals surface area contributed by atoms with Gasteiger partial charge in [0.15, 0.2) is 0 Å². The second-order valence-electron chi connectivity index (χ2n) is 5.42. The average Bonchev–Trinajstić information content (AvgIpc) is 2.52. The highest BCUT2D eigenvalue weighted by Crippen LogP contribution is 2.14. The molecule has 5 heteroatoms. The van der Waals surface area contributed by atoms with Gasteiger partial charge in [0, 0.05) is 11.1 Å². The van der Waals surface area contributed by atoms with Crippen molar-refractivity contribution in [2.75, 3.05) is 0 Å². The molecule has 0 atom stereocenters. The summed E-state index contributed by atoms with van der Waals surface area (Å²) in [6.07, 6.45) is 0.0223. The van der Waals surface area contributed by atoms with Gasteiger partial charge in [0.05, 0.1) is 6.10 Å². The highest BCUT2D eigenvalue weighted by Gasteiger charge is 2.11. The molecule has 0 bridgehead atoms. The van der Waals surface area contributed by atoms with E-state index in [4.69, 9.17) is 4.74 Å². The van der Waals surface area contributed by atoms with Crippen LogP contribution in [0.2, 0.25) is 0 Å². The molecule has 0 saturated carbocycles. The van der Waals surface area contributed by atoms with Gasteiger partial charge < -0.3 is 4.74 Å². The Hall–Kier alpha value is -2.82. The second-order valence-corrected chi connectivity index (χ2v) is 5.42. The molecule has 0 saturated heterocycles. The summed E-state index contributed by atoms with van der Waals surface area (Å²) in [4.78, 5) is 24.2. The zero-order valence-electron chi connectivity index (χ0n) is 13.4. The lowest BCUT2D eigenvalue weighted by molar-refractivity contribution is 0.0846. The van der Waals surface area contributed by atoms with E-state index < -0.39 is 5.91 Å². The number of hydrogen-bond donors (Lipinski definition) is 2. The summed E-state index contributed by atoms with van der Waals surface area (Å²) >= 11 is 0. The maximum absolute atomic E-state index is 12.1. The molecule has 5 nitrogen and oxygen atoms in total. The van der Waals surface area contributed by atoms with Crippen LogP contribution in [-0.4, -0.2) is 17.9 Å². The molecule has 120 valence electrons. The van der Waals surface area contributed by atoms with E-state index in [1.54, 1.807) is 36.4 Å². The van der Waals surface area contributed by atoms with Crippen LogP contribution in [-0.2, 0) is 0 Å². The smallest absolute Gasteiger partial charge is 0.269 e. The van der Waals surface area contributed by atoms with E-state index in [0.717, 1.165) is 5.56 Å². The maximum Gasteiger partial charge on any atom is 0.269 e. The number of hydrogen-bond acceptors (Lipinski definition) is 3. The monoisotopic (exact) mass is 312 g/mol. The van der Waals surface area contributed by atoms with Crippen molar-refractivity contribution < 1.29 is 14.3 Å². The second kappa shape index (κ2) is 7.45. The van der Waals surface area contributed by atoms with Crippen molar-refractivity contribution >= 4 is 11.8 Å². The third-order valence-electron chi connectivity index (χ3n) is 3.15. The molecule has 0 unspecified atom stereocenters. The van der Waals surface area contributed by atoms with Crippen molar-refractivity contribution in [3.8, 4) is 5.75 Å². The molecule has 2 aromatic rings. The third kappa shape index (κ3) is 4.57. The van der Waals surface area contributed by atoms with E-state index in [1.807, 2.05) is 32.9 Å². The molecular weight excluding hydrogens is 292 g/mol. The van der Waals surface area contributed by atoms with Crippen LogP contribution in [0.4, 0.5) is 0 Å². The van der Waals surface area contributed by atoms with E-state index in [1.165, 1.54) is 0 Å². The van der Waals surface area contributed by atoms with Gasteiger partial charge in [-0.2, -0.15) is 0 Å². The first kappa shape index (κ1) is 16.5. The van der Waals surface area contributed by atoms with Crippen LogP contribution < -0.4 is 15.6 Å². The highest BCUT2D eigenvalue weighted by atomic mass is 16.5. The van der Waals surface area contributed by atoms with Gasteiger partial charge in [0.1, 0.15) is 5.75 Å². The van der Waals surface area contributed by atoms with Crippen LogP contribution in [0.1, 0.15) is 40.1 Å². The van der Waals surface area contributed by atoms with E-state index >= 15 is 0 Å². The summed E-state index contributed by atoms with van der Waals surface area (Å²) in [5.74, 6) is -0.148. The fourth-order valence-corrected chi connectivity index (χ4v) is 2.06. The first-order valence-corrected chi connectivity index (χ1v) is 7.40. The van der Waals surface area contributed by atoms with Gasteiger partial charge >= 0.3 is 0 Å². The Morgan fingerprint density at radius 2 is 1.65 bits per heavy atom. The highest BCUT2D eigenvalue weighted by molar-refractivity contribution is 5.99. The van der Waals surface area contributed by atoms with Gasteiger partial charge in [-0.25, -0.2) is 0 Å². The Labute approximate surface area is 135 Å². The Bertz CT molecular complexity index is 711. The Morgan fingerprint density at radius 3 is 2.35 bits per heavy atom. The molecule has 0 aromatic heterocycles. The maximum atomic E-state index is 12.1. The van der Waals surface area contributed by atoms with Crippen LogP contribution in [0.15, 0.2) is 48.5 Å². The molecule has 0 heterocycles.